The second-order valence-electron chi connectivity index (χ2n) is 8.65. The average Bonchev–Trinajstić information content (AvgIpc) is 2.82. The Bertz CT molecular complexity index is 1010. The van der Waals surface area contributed by atoms with Gasteiger partial charge >= 0.3 is 0 Å². The number of fused-ring (bicyclic) bond motifs is 4. The van der Waals surface area contributed by atoms with Gasteiger partial charge in [0.25, 0.3) is 0 Å². The Morgan fingerprint density at radius 3 is 2.70 bits per heavy atom. The summed E-state index contributed by atoms with van der Waals surface area (Å²) in [5.41, 5.74) is 2.19. The molecule has 3 saturated heterocycles. The van der Waals surface area contributed by atoms with Crippen molar-refractivity contribution in [2.24, 2.45) is 11.8 Å². The van der Waals surface area contributed by atoms with Crippen LogP contribution < -0.4 is 9.47 Å². The lowest BCUT2D eigenvalue weighted by molar-refractivity contribution is -0.0483. The molecule has 3 aromatic rings. The molecule has 0 radical (unpaired) electrons. The van der Waals surface area contributed by atoms with Gasteiger partial charge in [-0.3, -0.25) is 9.88 Å². The van der Waals surface area contributed by atoms with Crippen LogP contribution in [0, 0.1) is 11.8 Å². The van der Waals surface area contributed by atoms with E-state index in [0.29, 0.717) is 6.04 Å². The molecule has 3 aliphatic rings. The maximum Gasteiger partial charge on any atom is 0.140 e. The Kier molecular flexibility index (Phi) is 5.34. The number of nitrogens with zero attached hydrogens (tertiary/aromatic N) is 2. The summed E-state index contributed by atoms with van der Waals surface area (Å²) in [6, 6.07) is 18.9. The van der Waals surface area contributed by atoms with Crippen molar-refractivity contribution in [1.29, 1.82) is 0 Å². The first-order chi connectivity index (χ1) is 14.8. The lowest BCUT2D eigenvalue weighted by Crippen LogP contribution is -2.56. The smallest absolute Gasteiger partial charge is 0.140 e. The van der Waals surface area contributed by atoms with E-state index in [1.54, 1.807) is 7.11 Å². The zero-order valence-corrected chi connectivity index (χ0v) is 17.8. The summed E-state index contributed by atoms with van der Waals surface area (Å²) >= 11 is 0. The molecule has 0 aliphatic carbocycles. The first kappa shape index (κ1) is 19.4. The summed E-state index contributed by atoms with van der Waals surface area (Å²) < 4.78 is 12.3. The molecule has 2 bridgehead atoms. The maximum absolute atomic E-state index is 6.73. The van der Waals surface area contributed by atoms with Crippen LogP contribution in [0.15, 0.2) is 60.8 Å². The van der Waals surface area contributed by atoms with E-state index in [1.807, 2.05) is 36.5 Å². The van der Waals surface area contributed by atoms with E-state index in [4.69, 9.17) is 9.47 Å². The van der Waals surface area contributed by atoms with Crippen LogP contribution >= 0.6 is 0 Å². The minimum absolute atomic E-state index is 0.0365. The molecule has 156 valence electrons. The molecule has 2 aromatic carbocycles. The van der Waals surface area contributed by atoms with Crippen LogP contribution in [0.3, 0.4) is 0 Å². The van der Waals surface area contributed by atoms with Crippen molar-refractivity contribution >= 4 is 10.9 Å². The van der Waals surface area contributed by atoms with E-state index in [-0.39, 0.29) is 6.10 Å². The van der Waals surface area contributed by atoms with Crippen LogP contribution in [0.2, 0.25) is 0 Å². The predicted molar refractivity (Wildman–Crippen MR) is 120 cm³/mol. The molecule has 1 aromatic heterocycles. The van der Waals surface area contributed by atoms with Gasteiger partial charge in [0.15, 0.2) is 0 Å². The van der Waals surface area contributed by atoms with Crippen molar-refractivity contribution in [1.82, 2.24) is 9.88 Å². The average molecular weight is 403 g/mol. The summed E-state index contributed by atoms with van der Waals surface area (Å²) in [5.74, 6) is 3.40. The number of rotatable bonds is 6. The summed E-state index contributed by atoms with van der Waals surface area (Å²) in [7, 11) is 1.71. The molecule has 5 atom stereocenters. The topological polar surface area (TPSA) is 34.6 Å². The predicted octanol–water partition coefficient (Wildman–Crippen LogP) is 5.48. The second kappa shape index (κ2) is 8.27. The zero-order valence-electron chi connectivity index (χ0n) is 17.8. The van der Waals surface area contributed by atoms with E-state index in [9.17, 15) is 0 Å². The van der Waals surface area contributed by atoms with Gasteiger partial charge in [-0.25, -0.2) is 0 Å². The van der Waals surface area contributed by atoms with Crippen molar-refractivity contribution in [2.75, 3.05) is 20.2 Å². The first-order valence-electron chi connectivity index (χ1n) is 11.1. The van der Waals surface area contributed by atoms with Crippen LogP contribution in [0.25, 0.3) is 10.9 Å². The summed E-state index contributed by atoms with van der Waals surface area (Å²) in [6.07, 6.45) is 5.66. The SMILES string of the molecule is CC[C@H]1CN2CC[C@H]1C[C@H]2[C@H](Oc1ccccc1)c1ccnc2ccc(OC)cc12. The van der Waals surface area contributed by atoms with E-state index in [2.05, 4.69) is 41.1 Å². The van der Waals surface area contributed by atoms with Crippen LogP contribution in [0.4, 0.5) is 0 Å². The molecule has 1 unspecified atom stereocenters. The number of benzene rings is 2. The number of hydrogen-bond acceptors (Lipinski definition) is 4. The number of para-hydroxylation sites is 1. The van der Waals surface area contributed by atoms with Gasteiger partial charge < -0.3 is 9.47 Å². The number of pyridine rings is 1. The molecule has 0 saturated carbocycles. The quantitative estimate of drug-likeness (QED) is 0.546. The highest BCUT2D eigenvalue weighted by atomic mass is 16.5. The zero-order chi connectivity index (χ0) is 20.5. The largest absolute Gasteiger partial charge is 0.497 e. The van der Waals surface area contributed by atoms with Crippen molar-refractivity contribution < 1.29 is 9.47 Å². The van der Waals surface area contributed by atoms with E-state index < -0.39 is 0 Å². The van der Waals surface area contributed by atoms with Gasteiger partial charge in [-0.1, -0.05) is 31.5 Å². The molecular formula is C26H30N2O2. The Morgan fingerprint density at radius 1 is 1.10 bits per heavy atom. The van der Waals surface area contributed by atoms with E-state index in [0.717, 1.165) is 34.2 Å². The Hall–Kier alpha value is -2.59. The number of hydrogen-bond donors (Lipinski definition) is 0. The normalized spacial score (nSPS) is 26.5. The van der Waals surface area contributed by atoms with Gasteiger partial charge in [-0.15, -0.1) is 0 Å². The third-order valence-electron chi connectivity index (χ3n) is 7.11. The fourth-order valence-electron chi connectivity index (χ4n) is 5.47. The van der Waals surface area contributed by atoms with Crippen LogP contribution in [-0.2, 0) is 0 Å². The molecule has 0 amide bonds. The highest BCUT2D eigenvalue weighted by Crippen LogP contribution is 2.44. The fourth-order valence-corrected chi connectivity index (χ4v) is 5.47. The monoisotopic (exact) mass is 402 g/mol. The van der Waals surface area contributed by atoms with Gasteiger partial charge in [0.2, 0.25) is 0 Å². The van der Waals surface area contributed by atoms with Crippen molar-refractivity contribution in [3.63, 3.8) is 0 Å². The molecule has 0 spiro atoms. The molecule has 0 N–H and O–H groups in total. The molecule has 3 fully saturated rings. The van der Waals surface area contributed by atoms with Crippen molar-refractivity contribution in [2.45, 2.75) is 38.3 Å². The highest BCUT2D eigenvalue weighted by Gasteiger charge is 2.44. The maximum atomic E-state index is 6.73. The Balaban J connectivity index is 1.58. The number of methoxy groups -OCH3 is 1. The second-order valence-corrected chi connectivity index (χ2v) is 8.65. The van der Waals surface area contributed by atoms with Crippen molar-refractivity contribution in [3.8, 4) is 11.5 Å². The first-order valence-corrected chi connectivity index (χ1v) is 11.1. The summed E-state index contributed by atoms with van der Waals surface area (Å²) in [4.78, 5) is 7.28. The minimum atomic E-state index is -0.0365. The molecule has 6 rings (SSSR count). The fraction of sp³-hybridized carbons (Fsp3) is 0.423. The van der Waals surface area contributed by atoms with Gasteiger partial charge in [0, 0.05) is 23.7 Å². The molecule has 4 nitrogen and oxygen atoms in total. The third kappa shape index (κ3) is 3.54. The molecule has 4 heterocycles. The van der Waals surface area contributed by atoms with Gasteiger partial charge in [0.1, 0.15) is 17.6 Å². The van der Waals surface area contributed by atoms with Gasteiger partial charge in [-0.2, -0.15) is 0 Å². The van der Waals surface area contributed by atoms with Gasteiger partial charge in [0.05, 0.1) is 18.7 Å². The minimum Gasteiger partial charge on any atom is -0.497 e. The molecule has 3 aliphatic heterocycles. The van der Waals surface area contributed by atoms with Gasteiger partial charge in [-0.05, 0) is 67.6 Å². The number of ether oxygens (including phenoxy) is 2. The molecule has 30 heavy (non-hydrogen) atoms. The lowest BCUT2D eigenvalue weighted by Gasteiger charge is -2.52. The lowest BCUT2D eigenvalue weighted by atomic mass is 9.72. The van der Waals surface area contributed by atoms with Crippen LogP contribution in [0.5, 0.6) is 11.5 Å². The number of aromatic nitrogens is 1. The summed E-state index contributed by atoms with van der Waals surface area (Å²) in [6.45, 7) is 4.70. The molecule has 4 heteroatoms. The third-order valence-corrected chi connectivity index (χ3v) is 7.11. The molecular weight excluding hydrogens is 372 g/mol. The standard InChI is InChI=1S/C26H30N2O2/c1-3-18-17-28-14-12-19(18)15-25(28)26(30-20-7-5-4-6-8-20)22-11-13-27-24-10-9-21(29-2)16-23(22)24/h4-11,13,16,18-19,25-26H,3,12,14-15,17H2,1-2H3/t18-,19-,25-,26+/m0/s1. The van der Waals surface area contributed by atoms with Crippen LogP contribution in [-0.4, -0.2) is 36.1 Å². The summed E-state index contributed by atoms with van der Waals surface area (Å²) in [5, 5.41) is 1.12. The number of piperidine rings is 3. The van der Waals surface area contributed by atoms with Crippen LogP contribution in [0.1, 0.15) is 37.9 Å². The van der Waals surface area contributed by atoms with E-state index >= 15 is 0 Å². The Labute approximate surface area is 178 Å². The highest BCUT2D eigenvalue weighted by molar-refractivity contribution is 5.84. The van der Waals surface area contributed by atoms with E-state index in [1.165, 1.54) is 37.9 Å². The van der Waals surface area contributed by atoms with Crippen molar-refractivity contribution in [3.05, 3.63) is 66.4 Å². The Morgan fingerprint density at radius 2 is 1.97 bits per heavy atom.